The average Bonchev–Trinajstić information content (AvgIpc) is 3.00. The molecule has 0 saturated heterocycles. The predicted molar refractivity (Wildman–Crippen MR) is 92.9 cm³/mol. The fraction of sp³-hybridized carbons (Fsp3) is 0.111. The highest BCUT2D eigenvalue weighted by Crippen LogP contribution is 2.36. The van der Waals surface area contributed by atoms with Gasteiger partial charge in [0.25, 0.3) is 12.3 Å². The Balaban J connectivity index is 2.04. The third-order valence-corrected chi connectivity index (χ3v) is 4.06. The van der Waals surface area contributed by atoms with Crippen molar-refractivity contribution in [1.82, 2.24) is 9.78 Å². The van der Waals surface area contributed by atoms with E-state index in [0.717, 1.165) is 35.1 Å². The van der Waals surface area contributed by atoms with Gasteiger partial charge in [-0.05, 0) is 29.8 Å². The highest BCUT2D eigenvalue weighted by Gasteiger charge is 2.24. The van der Waals surface area contributed by atoms with E-state index >= 15 is 0 Å². The van der Waals surface area contributed by atoms with Gasteiger partial charge in [0, 0.05) is 18.8 Å². The zero-order valence-corrected chi connectivity index (χ0v) is 14.6. The van der Waals surface area contributed by atoms with Crippen molar-refractivity contribution in [3.63, 3.8) is 0 Å². The number of nitrogens with zero attached hydrogens (tertiary/aromatic N) is 2. The van der Waals surface area contributed by atoms with Gasteiger partial charge >= 0.3 is 0 Å². The van der Waals surface area contributed by atoms with Crippen LogP contribution in [0.25, 0.3) is 11.1 Å². The Morgan fingerprint density at radius 2 is 1.81 bits per heavy atom. The molecule has 0 spiro atoms. The maximum atomic E-state index is 13.8. The number of alkyl halides is 2. The lowest BCUT2D eigenvalue weighted by atomic mass is 10.0. The normalized spacial score (nSPS) is 11.1. The summed E-state index contributed by atoms with van der Waals surface area (Å²) in [6.07, 6.45) is -1.81. The first-order valence-electron chi connectivity index (χ1n) is 7.64. The summed E-state index contributed by atoms with van der Waals surface area (Å²) in [7, 11) is 1.40. The standard InChI is InChI=1S/C18H12ClF4N3O/c1-26-8-13(16(25-26)17(22)23)18(27)24-15-12(6-11(21)7-14(15)19)9-2-4-10(20)5-3-9/h2-8,17H,1H3,(H,24,27). The molecule has 3 rings (SSSR count). The van der Waals surface area contributed by atoms with Crippen molar-refractivity contribution in [2.45, 2.75) is 6.43 Å². The number of hydrogen-bond donors (Lipinski definition) is 1. The molecule has 2 aromatic carbocycles. The van der Waals surface area contributed by atoms with Crippen molar-refractivity contribution in [2.24, 2.45) is 7.05 Å². The molecule has 1 heterocycles. The SMILES string of the molecule is Cn1cc(C(=O)Nc2c(Cl)cc(F)cc2-c2ccc(F)cc2)c(C(F)F)n1. The van der Waals surface area contributed by atoms with Gasteiger partial charge in [-0.1, -0.05) is 23.7 Å². The van der Waals surface area contributed by atoms with Crippen LogP contribution in [0.2, 0.25) is 5.02 Å². The van der Waals surface area contributed by atoms with Crippen LogP contribution in [0.15, 0.2) is 42.6 Å². The summed E-state index contributed by atoms with van der Waals surface area (Å²) in [6.45, 7) is 0. The molecular weight excluding hydrogens is 386 g/mol. The number of halogens is 5. The Hall–Kier alpha value is -2.87. The second-order valence-corrected chi connectivity index (χ2v) is 6.08. The number of benzene rings is 2. The number of aryl methyl sites for hydroxylation is 1. The Morgan fingerprint density at radius 1 is 1.15 bits per heavy atom. The van der Waals surface area contributed by atoms with Crippen LogP contribution >= 0.6 is 11.6 Å². The first-order valence-corrected chi connectivity index (χ1v) is 8.02. The van der Waals surface area contributed by atoms with E-state index in [9.17, 15) is 22.4 Å². The van der Waals surface area contributed by atoms with E-state index in [1.54, 1.807) is 0 Å². The largest absolute Gasteiger partial charge is 0.320 e. The molecule has 0 bridgehead atoms. The van der Waals surface area contributed by atoms with E-state index in [2.05, 4.69) is 10.4 Å². The van der Waals surface area contributed by atoms with Crippen molar-refractivity contribution in [2.75, 3.05) is 5.32 Å². The van der Waals surface area contributed by atoms with E-state index in [0.29, 0.717) is 5.56 Å². The van der Waals surface area contributed by atoms with E-state index in [1.165, 1.54) is 19.2 Å². The van der Waals surface area contributed by atoms with Crippen LogP contribution in [-0.4, -0.2) is 15.7 Å². The maximum absolute atomic E-state index is 13.8. The number of carbonyl (C=O) groups excluding carboxylic acids is 1. The first-order chi connectivity index (χ1) is 12.8. The van der Waals surface area contributed by atoms with Gasteiger partial charge in [0.15, 0.2) is 0 Å². The van der Waals surface area contributed by atoms with E-state index in [4.69, 9.17) is 11.6 Å². The van der Waals surface area contributed by atoms with E-state index in [1.807, 2.05) is 0 Å². The average molecular weight is 398 g/mol. The molecule has 9 heteroatoms. The Kier molecular flexibility index (Phi) is 5.18. The smallest absolute Gasteiger partial charge is 0.282 e. The molecule has 1 N–H and O–H groups in total. The predicted octanol–water partition coefficient (Wildman–Crippen LogP) is 5.21. The second-order valence-electron chi connectivity index (χ2n) is 5.67. The van der Waals surface area contributed by atoms with Gasteiger partial charge in [-0.2, -0.15) is 5.10 Å². The fourth-order valence-electron chi connectivity index (χ4n) is 2.58. The van der Waals surface area contributed by atoms with Crippen molar-refractivity contribution in [3.05, 3.63) is 70.5 Å². The minimum atomic E-state index is -2.95. The molecule has 4 nitrogen and oxygen atoms in total. The van der Waals surface area contributed by atoms with Gasteiger partial charge in [0.1, 0.15) is 17.3 Å². The van der Waals surface area contributed by atoms with Gasteiger partial charge in [-0.15, -0.1) is 0 Å². The number of carbonyl (C=O) groups is 1. The summed E-state index contributed by atoms with van der Waals surface area (Å²) in [5.74, 6) is -2.05. The summed E-state index contributed by atoms with van der Waals surface area (Å²) in [5.41, 5.74) is -0.447. The van der Waals surface area contributed by atoms with Gasteiger partial charge < -0.3 is 5.32 Å². The molecule has 0 fully saturated rings. The van der Waals surface area contributed by atoms with Crippen LogP contribution in [0.3, 0.4) is 0 Å². The molecule has 0 radical (unpaired) electrons. The van der Waals surface area contributed by atoms with Crippen LogP contribution in [0.1, 0.15) is 22.5 Å². The topological polar surface area (TPSA) is 46.9 Å². The fourth-order valence-corrected chi connectivity index (χ4v) is 2.83. The Bertz CT molecular complexity index is 1000. The summed E-state index contributed by atoms with van der Waals surface area (Å²) in [5, 5.41) is 5.86. The molecule has 0 aliphatic rings. The van der Waals surface area contributed by atoms with Crippen molar-refractivity contribution < 1.29 is 22.4 Å². The van der Waals surface area contributed by atoms with Crippen LogP contribution in [0.5, 0.6) is 0 Å². The third kappa shape index (κ3) is 3.95. The summed E-state index contributed by atoms with van der Waals surface area (Å²) < 4.78 is 54.2. The van der Waals surface area contributed by atoms with Gasteiger partial charge in [-0.25, -0.2) is 17.6 Å². The van der Waals surface area contributed by atoms with Crippen LogP contribution in [-0.2, 0) is 7.05 Å². The minimum absolute atomic E-state index is 0.0127. The number of hydrogen-bond acceptors (Lipinski definition) is 2. The summed E-state index contributed by atoms with van der Waals surface area (Å²) in [6, 6.07) is 7.16. The minimum Gasteiger partial charge on any atom is -0.320 e. The molecule has 0 aliphatic carbocycles. The molecule has 0 saturated carbocycles. The first kappa shape index (κ1) is 18.9. The van der Waals surface area contributed by atoms with Gasteiger partial charge in [-0.3, -0.25) is 9.48 Å². The Labute approximate surface area is 156 Å². The molecule has 3 aromatic rings. The lowest BCUT2D eigenvalue weighted by Crippen LogP contribution is -2.14. The molecule has 1 amide bonds. The van der Waals surface area contributed by atoms with Gasteiger partial charge in [0.05, 0.1) is 16.3 Å². The zero-order valence-electron chi connectivity index (χ0n) is 13.8. The second kappa shape index (κ2) is 7.40. The van der Waals surface area contributed by atoms with Crippen LogP contribution in [0.4, 0.5) is 23.2 Å². The highest BCUT2D eigenvalue weighted by atomic mass is 35.5. The maximum Gasteiger partial charge on any atom is 0.282 e. The van der Waals surface area contributed by atoms with Crippen molar-refractivity contribution in [3.8, 4) is 11.1 Å². The molecule has 140 valence electrons. The van der Waals surface area contributed by atoms with Crippen LogP contribution < -0.4 is 5.32 Å². The Morgan fingerprint density at radius 3 is 2.44 bits per heavy atom. The van der Waals surface area contributed by atoms with Crippen molar-refractivity contribution in [1.29, 1.82) is 0 Å². The molecular formula is C18H12ClF4N3O. The number of aromatic nitrogens is 2. The number of anilines is 1. The molecule has 0 atom stereocenters. The van der Waals surface area contributed by atoms with Gasteiger partial charge in [0.2, 0.25) is 0 Å². The molecule has 1 aromatic heterocycles. The zero-order chi connectivity index (χ0) is 19.7. The lowest BCUT2D eigenvalue weighted by Gasteiger charge is -2.14. The monoisotopic (exact) mass is 397 g/mol. The van der Waals surface area contributed by atoms with Crippen LogP contribution in [0, 0.1) is 11.6 Å². The summed E-state index contributed by atoms with van der Waals surface area (Å²) in [4.78, 5) is 12.5. The number of rotatable bonds is 4. The van der Waals surface area contributed by atoms with Crippen molar-refractivity contribution >= 4 is 23.2 Å². The molecule has 0 unspecified atom stereocenters. The highest BCUT2D eigenvalue weighted by molar-refractivity contribution is 6.34. The van der Waals surface area contributed by atoms with E-state index in [-0.39, 0.29) is 21.8 Å². The summed E-state index contributed by atoms with van der Waals surface area (Å²) >= 11 is 6.06. The number of amides is 1. The third-order valence-electron chi connectivity index (χ3n) is 3.76. The lowest BCUT2D eigenvalue weighted by molar-refractivity contribution is 0.101. The number of nitrogens with one attached hydrogen (secondary N) is 1. The molecule has 27 heavy (non-hydrogen) atoms. The molecule has 0 aliphatic heterocycles. The quantitative estimate of drug-likeness (QED) is 0.614. The van der Waals surface area contributed by atoms with E-state index < -0.39 is 29.7 Å².